The Balaban J connectivity index is 0.00000121. The van der Waals surface area contributed by atoms with Gasteiger partial charge in [-0.3, -0.25) is 10.1 Å². The molecular weight excluding hydrogens is 343 g/mol. The predicted molar refractivity (Wildman–Crippen MR) is 96.2 cm³/mol. The van der Waals surface area contributed by atoms with E-state index < -0.39 is 0 Å². The summed E-state index contributed by atoms with van der Waals surface area (Å²) in [6.07, 6.45) is 1.74. The number of para-hydroxylation sites is 2. The maximum atomic E-state index is 11.8. The van der Waals surface area contributed by atoms with E-state index in [0.29, 0.717) is 6.54 Å². The number of halogens is 2. The van der Waals surface area contributed by atoms with Gasteiger partial charge in [0.2, 0.25) is 5.91 Å². The van der Waals surface area contributed by atoms with Crippen molar-refractivity contribution >= 4 is 53.5 Å². The van der Waals surface area contributed by atoms with Crippen molar-refractivity contribution in [2.75, 3.05) is 18.2 Å². The van der Waals surface area contributed by atoms with E-state index in [-0.39, 0.29) is 36.8 Å². The number of nitrogens with zero attached hydrogens (tertiary/aromatic N) is 1. The van der Waals surface area contributed by atoms with Crippen molar-refractivity contribution < 1.29 is 4.79 Å². The van der Waals surface area contributed by atoms with Crippen molar-refractivity contribution in [1.29, 1.82) is 0 Å². The van der Waals surface area contributed by atoms with E-state index >= 15 is 0 Å². The smallest absolute Gasteiger partial charge is 0.238 e. The minimum atomic E-state index is -0.0220. The Morgan fingerprint density at radius 2 is 2.18 bits per heavy atom. The molecule has 1 fully saturated rings. The first-order valence-electron chi connectivity index (χ1n) is 6.85. The molecule has 0 radical (unpaired) electrons. The molecule has 122 valence electrons. The van der Waals surface area contributed by atoms with Crippen LogP contribution in [0.25, 0.3) is 11.0 Å². The number of benzene rings is 1. The number of hydrogen-bond acceptors (Lipinski definition) is 4. The van der Waals surface area contributed by atoms with Crippen LogP contribution in [0.2, 0.25) is 0 Å². The number of aromatic amines is 1. The highest BCUT2D eigenvalue weighted by Crippen LogP contribution is 2.11. The lowest BCUT2D eigenvalue weighted by Gasteiger charge is -2.09. The van der Waals surface area contributed by atoms with E-state index in [4.69, 9.17) is 0 Å². The van der Waals surface area contributed by atoms with E-state index in [0.717, 1.165) is 41.3 Å². The number of rotatable bonds is 5. The number of aromatic nitrogens is 2. The average molecular weight is 363 g/mol. The van der Waals surface area contributed by atoms with Gasteiger partial charge in [-0.1, -0.05) is 12.1 Å². The number of fused-ring (bicyclic) bond motifs is 1. The first-order chi connectivity index (χ1) is 9.83. The lowest BCUT2D eigenvalue weighted by molar-refractivity contribution is -0.122. The summed E-state index contributed by atoms with van der Waals surface area (Å²) in [7, 11) is 0. The lowest BCUT2D eigenvalue weighted by atomic mass is 10.2. The number of imidazole rings is 1. The van der Waals surface area contributed by atoms with Gasteiger partial charge in [0.15, 0.2) is 0 Å². The van der Waals surface area contributed by atoms with Crippen LogP contribution in [-0.2, 0) is 11.2 Å². The molecule has 2 heterocycles. The summed E-state index contributed by atoms with van der Waals surface area (Å²) in [5.41, 5.74) is 2.07. The summed E-state index contributed by atoms with van der Waals surface area (Å²) in [4.78, 5) is 19.6. The van der Waals surface area contributed by atoms with Crippen LogP contribution in [0.3, 0.4) is 0 Å². The number of nitrogens with one attached hydrogen (secondary N) is 3. The molecule has 1 aromatic carbocycles. The third-order valence-corrected chi connectivity index (χ3v) is 4.30. The lowest BCUT2D eigenvalue weighted by Crippen LogP contribution is -2.42. The highest BCUT2D eigenvalue weighted by Gasteiger charge is 2.21. The van der Waals surface area contributed by atoms with Crippen LogP contribution in [0.4, 0.5) is 0 Å². The van der Waals surface area contributed by atoms with Gasteiger partial charge in [-0.2, -0.15) is 0 Å². The summed E-state index contributed by atoms with van der Waals surface area (Å²) in [6.45, 7) is 0.693. The molecule has 0 saturated carbocycles. The van der Waals surface area contributed by atoms with Crippen LogP contribution in [0.15, 0.2) is 24.3 Å². The van der Waals surface area contributed by atoms with Gasteiger partial charge in [0.1, 0.15) is 5.82 Å². The van der Waals surface area contributed by atoms with Gasteiger partial charge in [0, 0.05) is 24.6 Å². The fourth-order valence-electron chi connectivity index (χ4n) is 2.28. The van der Waals surface area contributed by atoms with Gasteiger partial charge in [-0.05, 0) is 18.6 Å². The second-order valence-corrected chi connectivity index (χ2v) is 5.90. The number of thioether (sulfide) groups is 1. The van der Waals surface area contributed by atoms with Crippen molar-refractivity contribution in [2.45, 2.75) is 18.9 Å². The number of H-pyrrole nitrogens is 1. The molecule has 1 aromatic heterocycles. The molecule has 1 unspecified atom stereocenters. The topological polar surface area (TPSA) is 69.8 Å². The van der Waals surface area contributed by atoms with Gasteiger partial charge in [-0.15, -0.1) is 36.6 Å². The summed E-state index contributed by atoms with van der Waals surface area (Å²) >= 11 is 1.76. The van der Waals surface area contributed by atoms with E-state index in [2.05, 4.69) is 20.6 Å². The third kappa shape index (κ3) is 4.78. The molecule has 0 spiro atoms. The Hall–Kier alpha value is -0.950. The van der Waals surface area contributed by atoms with Crippen molar-refractivity contribution in [1.82, 2.24) is 20.6 Å². The molecule has 2 aromatic rings. The van der Waals surface area contributed by atoms with Crippen LogP contribution < -0.4 is 10.6 Å². The van der Waals surface area contributed by atoms with E-state index in [1.165, 1.54) is 0 Å². The fourth-order valence-corrected chi connectivity index (χ4v) is 3.22. The van der Waals surface area contributed by atoms with E-state index in [1.807, 2.05) is 24.3 Å². The van der Waals surface area contributed by atoms with Gasteiger partial charge < -0.3 is 10.3 Å². The zero-order chi connectivity index (χ0) is 13.8. The quantitative estimate of drug-likeness (QED) is 0.712. The molecule has 1 atom stereocenters. The average Bonchev–Trinajstić information content (AvgIpc) is 3.11. The monoisotopic (exact) mass is 362 g/mol. The van der Waals surface area contributed by atoms with Gasteiger partial charge in [0.05, 0.1) is 17.1 Å². The third-order valence-electron chi connectivity index (χ3n) is 3.36. The second kappa shape index (κ2) is 9.25. The molecule has 3 rings (SSSR count). The zero-order valence-corrected chi connectivity index (χ0v) is 14.5. The molecule has 3 N–H and O–H groups in total. The van der Waals surface area contributed by atoms with Gasteiger partial charge in [0.25, 0.3) is 0 Å². The molecule has 1 aliphatic rings. The molecule has 8 heteroatoms. The van der Waals surface area contributed by atoms with Crippen LogP contribution in [-0.4, -0.2) is 40.1 Å². The largest absolute Gasteiger partial charge is 0.355 e. The number of amides is 1. The maximum Gasteiger partial charge on any atom is 0.238 e. The zero-order valence-electron chi connectivity index (χ0n) is 12.0. The van der Waals surface area contributed by atoms with E-state index in [1.54, 1.807) is 11.8 Å². The van der Waals surface area contributed by atoms with Crippen LogP contribution >= 0.6 is 36.6 Å². The van der Waals surface area contributed by atoms with Crippen LogP contribution in [0.5, 0.6) is 0 Å². The van der Waals surface area contributed by atoms with Crippen molar-refractivity contribution in [3.8, 4) is 0 Å². The van der Waals surface area contributed by atoms with Crippen molar-refractivity contribution in [3.63, 3.8) is 0 Å². The molecule has 1 amide bonds. The first kappa shape index (κ1) is 19.1. The molecule has 1 saturated heterocycles. The highest BCUT2D eigenvalue weighted by molar-refractivity contribution is 7.99. The van der Waals surface area contributed by atoms with E-state index in [9.17, 15) is 4.79 Å². The molecule has 1 aliphatic heterocycles. The highest BCUT2D eigenvalue weighted by atomic mass is 35.5. The fraction of sp³-hybridized carbons (Fsp3) is 0.429. The van der Waals surface area contributed by atoms with Crippen molar-refractivity contribution in [3.05, 3.63) is 30.1 Å². The van der Waals surface area contributed by atoms with Crippen LogP contribution in [0.1, 0.15) is 12.2 Å². The Bertz CT molecular complexity index is 568. The number of hydrogen-bond donors (Lipinski definition) is 3. The Morgan fingerprint density at radius 3 is 2.91 bits per heavy atom. The Morgan fingerprint density at radius 1 is 1.36 bits per heavy atom. The Kier molecular flexibility index (Phi) is 8.03. The first-order valence-corrected chi connectivity index (χ1v) is 8.01. The number of aryl methyl sites for hydroxylation is 1. The predicted octanol–water partition coefficient (Wildman–Crippen LogP) is 2.12. The van der Waals surface area contributed by atoms with Crippen molar-refractivity contribution in [2.24, 2.45) is 0 Å². The minimum Gasteiger partial charge on any atom is -0.355 e. The summed E-state index contributed by atoms with van der Waals surface area (Å²) in [6, 6.07) is 7.99. The SMILES string of the molecule is Cl.Cl.O=C(NCCCc1nc2ccccc2[nH]1)C1CSCN1. The normalized spacial score (nSPS) is 16.8. The molecule has 0 bridgehead atoms. The number of carbonyl (C=O) groups excluding carboxylic acids is 1. The molecule has 22 heavy (non-hydrogen) atoms. The minimum absolute atomic E-state index is 0. The maximum absolute atomic E-state index is 11.8. The molecule has 0 aliphatic carbocycles. The van der Waals surface area contributed by atoms with Gasteiger partial charge in [-0.25, -0.2) is 4.98 Å². The summed E-state index contributed by atoms with van der Waals surface area (Å²) in [5, 5.41) is 6.14. The summed E-state index contributed by atoms with van der Waals surface area (Å²) < 4.78 is 0. The molecular formula is C14H20Cl2N4OS. The van der Waals surface area contributed by atoms with Gasteiger partial charge >= 0.3 is 0 Å². The standard InChI is InChI=1S/C14H18N4OS.2ClH/c19-14(12-8-20-9-16-12)15-7-3-6-13-17-10-4-1-2-5-11(10)18-13;;/h1-2,4-5,12,16H,3,6-9H2,(H,15,19)(H,17,18);2*1H. The summed E-state index contributed by atoms with van der Waals surface area (Å²) in [5.74, 6) is 2.83. The molecule has 5 nitrogen and oxygen atoms in total. The number of carbonyl (C=O) groups is 1. The Labute approximate surface area is 146 Å². The second-order valence-electron chi connectivity index (χ2n) is 4.87. The van der Waals surface area contributed by atoms with Crippen LogP contribution in [0, 0.1) is 0 Å².